The van der Waals surface area contributed by atoms with Crippen LogP contribution in [0.3, 0.4) is 0 Å². The zero-order valence-corrected chi connectivity index (χ0v) is 17.4. The fourth-order valence-electron chi connectivity index (χ4n) is 4.01. The molecule has 31 heavy (non-hydrogen) atoms. The van der Waals surface area contributed by atoms with E-state index < -0.39 is 40.9 Å². The quantitative estimate of drug-likeness (QED) is 0.515. The Labute approximate surface area is 178 Å². The number of primary amides is 1. The zero-order valence-electron chi connectivity index (χ0n) is 17.4. The maximum atomic E-state index is 13.5. The van der Waals surface area contributed by atoms with Gasteiger partial charge in [0.15, 0.2) is 5.78 Å². The highest BCUT2D eigenvalue weighted by Gasteiger charge is 2.42. The summed E-state index contributed by atoms with van der Waals surface area (Å²) in [6.07, 6.45) is 0.497. The summed E-state index contributed by atoms with van der Waals surface area (Å²) in [6, 6.07) is 5.00. The molecule has 0 saturated carbocycles. The van der Waals surface area contributed by atoms with E-state index in [-0.39, 0.29) is 45.9 Å². The highest BCUT2D eigenvalue weighted by Crippen LogP contribution is 2.43. The molecule has 2 aromatic carbocycles. The van der Waals surface area contributed by atoms with Crippen molar-refractivity contribution >= 4 is 23.4 Å². The largest absolute Gasteiger partial charge is 0.507 e. The van der Waals surface area contributed by atoms with E-state index in [1.165, 1.54) is 18.2 Å². The Kier molecular flexibility index (Phi) is 5.83. The molecule has 0 bridgehead atoms. The molecule has 2 aromatic rings. The van der Waals surface area contributed by atoms with Crippen molar-refractivity contribution in [2.24, 2.45) is 11.7 Å². The van der Waals surface area contributed by atoms with Gasteiger partial charge in [0, 0.05) is 16.7 Å². The molecule has 0 saturated heterocycles. The SMILES string of the molecule is CCOC(=O)C(c1c(C(N)=O)cc(O)c2c1C(=O)c1cccc(O)c1C2=O)C(C)CC. The third kappa shape index (κ3) is 3.43. The molecule has 2 atom stereocenters. The fraction of sp³-hybridized carbons (Fsp3) is 0.304. The normalized spacial score (nSPS) is 14.4. The van der Waals surface area contributed by atoms with Gasteiger partial charge < -0.3 is 20.7 Å². The van der Waals surface area contributed by atoms with E-state index in [4.69, 9.17) is 10.5 Å². The van der Waals surface area contributed by atoms with E-state index in [1.807, 2.05) is 6.92 Å². The average molecular weight is 425 g/mol. The van der Waals surface area contributed by atoms with Crippen LogP contribution in [0, 0.1) is 5.92 Å². The maximum Gasteiger partial charge on any atom is 0.313 e. The monoisotopic (exact) mass is 425 g/mol. The number of hydrogen-bond donors (Lipinski definition) is 3. The number of ketones is 2. The molecule has 3 rings (SSSR count). The predicted octanol–water partition coefficient (Wildman–Crippen LogP) is 2.66. The van der Waals surface area contributed by atoms with Gasteiger partial charge in [0.1, 0.15) is 11.5 Å². The molecular weight excluding hydrogens is 402 g/mol. The lowest BCUT2D eigenvalue weighted by molar-refractivity contribution is -0.146. The van der Waals surface area contributed by atoms with Crippen molar-refractivity contribution in [1.29, 1.82) is 0 Å². The average Bonchev–Trinajstić information content (AvgIpc) is 2.72. The third-order valence-electron chi connectivity index (χ3n) is 5.64. The van der Waals surface area contributed by atoms with E-state index in [2.05, 4.69) is 0 Å². The Bertz CT molecular complexity index is 1120. The lowest BCUT2D eigenvalue weighted by atomic mass is 9.73. The molecule has 2 unspecified atom stereocenters. The number of amides is 1. The van der Waals surface area contributed by atoms with Gasteiger partial charge in [-0.05, 0) is 30.5 Å². The second-order valence-corrected chi connectivity index (χ2v) is 7.44. The van der Waals surface area contributed by atoms with E-state index in [0.29, 0.717) is 6.42 Å². The molecule has 1 amide bonds. The van der Waals surface area contributed by atoms with Crippen LogP contribution in [0.25, 0.3) is 0 Å². The number of carbonyl (C=O) groups excluding carboxylic acids is 4. The van der Waals surface area contributed by atoms with E-state index >= 15 is 0 Å². The number of nitrogens with two attached hydrogens (primary N) is 1. The van der Waals surface area contributed by atoms with Gasteiger partial charge in [-0.2, -0.15) is 0 Å². The topological polar surface area (TPSA) is 144 Å². The third-order valence-corrected chi connectivity index (χ3v) is 5.64. The van der Waals surface area contributed by atoms with Crippen LogP contribution in [-0.2, 0) is 9.53 Å². The summed E-state index contributed by atoms with van der Waals surface area (Å²) in [5.41, 5.74) is 4.27. The number of hydrogen-bond acceptors (Lipinski definition) is 7. The molecule has 0 aliphatic heterocycles. The number of carbonyl (C=O) groups is 4. The van der Waals surface area contributed by atoms with Crippen molar-refractivity contribution in [3.8, 4) is 11.5 Å². The second kappa shape index (κ2) is 8.22. The number of aromatic hydroxyl groups is 2. The Balaban J connectivity index is 2.45. The Hall–Kier alpha value is -3.68. The van der Waals surface area contributed by atoms with Crippen molar-refractivity contribution in [2.75, 3.05) is 6.61 Å². The van der Waals surface area contributed by atoms with Gasteiger partial charge in [0.2, 0.25) is 11.7 Å². The number of ether oxygens (including phenoxy) is 1. The van der Waals surface area contributed by atoms with Gasteiger partial charge in [0.25, 0.3) is 0 Å². The summed E-state index contributed by atoms with van der Waals surface area (Å²) in [5.74, 6) is -5.62. The lowest BCUT2D eigenvalue weighted by Gasteiger charge is -2.29. The summed E-state index contributed by atoms with van der Waals surface area (Å²) < 4.78 is 5.20. The summed E-state index contributed by atoms with van der Waals surface area (Å²) in [7, 11) is 0. The Morgan fingerprint density at radius 3 is 2.29 bits per heavy atom. The van der Waals surface area contributed by atoms with Crippen molar-refractivity contribution in [1.82, 2.24) is 0 Å². The number of benzene rings is 2. The van der Waals surface area contributed by atoms with Crippen LogP contribution >= 0.6 is 0 Å². The number of phenols is 2. The minimum atomic E-state index is -1.07. The minimum absolute atomic E-state index is 0.0413. The number of phenolic OH excluding ortho intramolecular Hbond substituents is 2. The summed E-state index contributed by atoms with van der Waals surface area (Å²) in [6.45, 7) is 5.27. The molecule has 4 N–H and O–H groups in total. The number of esters is 1. The van der Waals surface area contributed by atoms with E-state index in [0.717, 1.165) is 6.07 Å². The van der Waals surface area contributed by atoms with Crippen molar-refractivity contribution < 1.29 is 34.1 Å². The van der Waals surface area contributed by atoms with Gasteiger partial charge in [0.05, 0.1) is 23.7 Å². The van der Waals surface area contributed by atoms with Gasteiger partial charge in [-0.25, -0.2) is 0 Å². The van der Waals surface area contributed by atoms with E-state index in [9.17, 15) is 29.4 Å². The second-order valence-electron chi connectivity index (χ2n) is 7.44. The smallest absolute Gasteiger partial charge is 0.313 e. The Morgan fingerprint density at radius 2 is 1.71 bits per heavy atom. The molecule has 8 heteroatoms. The predicted molar refractivity (Wildman–Crippen MR) is 110 cm³/mol. The molecule has 0 spiro atoms. The minimum Gasteiger partial charge on any atom is -0.507 e. The van der Waals surface area contributed by atoms with Crippen LogP contribution in [0.1, 0.15) is 80.9 Å². The Morgan fingerprint density at radius 1 is 1.03 bits per heavy atom. The lowest BCUT2D eigenvalue weighted by Crippen LogP contribution is -2.31. The molecule has 0 radical (unpaired) electrons. The van der Waals surface area contributed by atoms with Crippen LogP contribution in [0.2, 0.25) is 0 Å². The van der Waals surface area contributed by atoms with Gasteiger partial charge in [-0.3, -0.25) is 19.2 Å². The molecular formula is C23H23NO7. The van der Waals surface area contributed by atoms with Gasteiger partial charge in [-0.1, -0.05) is 32.4 Å². The first-order chi connectivity index (χ1) is 14.6. The summed E-state index contributed by atoms with van der Waals surface area (Å²) >= 11 is 0. The van der Waals surface area contributed by atoms with Gasteiger partial charge >= 0.3 is 5.97 Å². The molecule has 0 fully saturated rings. The first-order valence-electron chi connectivity index (χ1n) is 9.93. The van der Waals surface area contributed by atoms with Crippen molar-refractivity contribution in [3.05, 3.63) is 57.6 Å². The number of fused-ring (bicyclic) bond motifs is 2. The zero-order chi connectivity index (χ0) is 23.0. The highest BCUT2D eigenvalue weighted by molar-refractivity contribution is 6.31. The van der Waals surface area contributed by atoms with Crippen molar-refractivity contribution in [3.63, 3.8) is 0 Å². The highest BCUT2D eigenvalue weighted by atomic mass is 16.5. The van der Waals surface area contributed by atoms with Crippen LogP contribution in [0.4, 0.5) is 0 Å². The molecule has 0 heterocycles. The standard InChI is InChI=1S/C23H23NO7/c1-4-10(3)15(23(30)31-5-2)17-12(22(24)29)9-14(26)18-19(17)20(27)11-7-6-8-13(25)16(11)21(18)28/h6-10,15,25-26H,4-5H2,1-3H3,(H2,24,29). The van der Waals surface area contributed by atoms with Crippen molar-refractivity contribution in [2.45, 2.75) is 33.1 Å². The van der Waals surface area contributed by atoms with Crippen LogP contribution in [0.5, 0.6) is 11.5 Å². The molecule has 1 aliphatic rings. The fourth-order valence-corrected chi connectivity index (χ4v) is 4.01. The summed E-state index contributed by atoms with van der Waals surface area (Å²) in [4.78, 5) is 51.8. The van der Waals surface area contributed by atoms with Crippen LogP contribution < -0.4 is 5.73 Å². The van der Waals surface area contributed by atoms with Gasteiger partial charge in [-0.15, -0.1) is 0 Å². The van der Waals surface area contributed by atoms with Crippen LogP contribution in [-0.4, -0.2) is 40.3 Å². The summed E-state index contributed by atoms with van der Waals surface area (Å²) in [5, 5.41) is 20.7. The van der Waals surface area contributed by atoms with Crippen LogP contribution in [0.15, 0.2) is 24.3 Å². The first kappa shape index (κ1) is 22.0. The number of rotatable bonds is 6. The first-order valence-corrected chi connectivity index (χ1v) is 9.93. The molecule has 0 aromatic heterocycles. The molecule has 162 valence electrons. The molecule has 1 aliphatic carbocycles. The maximum absolute atomic E-state index is 13.5. The molecule has 8 nitrogen and oxygen atoms in total. The van der Waals surface area contributed by atoms with E-state index in [1.54, 1.807) is 13.8 Å².